The minimum Gasteiger partial charge on any atom is -0.316 e. The van der Waals surface area contributed by atoms with Gasteiger partial charge in [-0.05, 0) is 55.4 Å². The second-order valence-electron chi connectivity index (χ2n) is 4.69. The van der Waals surface area contributed by atoms with Gasteiger partial charge in [-0.3, -0.25) is 0 Å². The highest BCUT2D eigenvalue weighted by Gasteiger charge is 2.11. The van der Waals surface area contributed by atoms with Crippen LogP contribution in [0.3, 0.4) is 0 Å². The van der Waals surface area contributed by atoms with Gasteiger partial charge in [0.2, 0.25) is 0 Å². The fraction of sp³-hybridized carbons (Fsp3) is 0.250. The summed E-state index contributed by atoms with van der Waals surface area (Å²) >= 11 is 11.1. The minimum atomic E-state index is -0.220. The topological polar surface area (TPSA) is 12.0 Å². The summed E-state index contributed by atoms with van der Waals surface area (Å²) in [5.74, 6) is 0.712. The third kappa shape index (κ3) is 5.29. The predicted molar refractivity (Wildman–Crippen MR) is 92.8 cm³/mol. The van der Waals surface area contributed by atoms with E-state index in [0.29, 0.717) is 6.04 Å². The van der Waals surface area contributed by atoms with E-state index < -0.39 is 0 Å². The lowest BCUT2D eigenvalue weighted by Gasteiger charge is -2.17. The Bertz CT molecular complexity index is 591. The molecule has 0 saturated carbocycles. The summed E-state index contributed by atoms with van der Waals surface area (Å²) < 4.78 is 13.9. The van der Waals surface area contributed by atoms with Gasteiger partial charge >= 0.3 is 0 Å². The predicted octanol–water partition coefficient (Wildman–Crippen LogP) is 5.16. The number of likely N-dealkylation sites (N-methyl/N-ethyl adjacent to an activating group) is 1. The molecule has 0 aliphatic heterocycles. The summed E-state index contributed by atoms with van der Waals surface area (Å²) in [6, 6.07) is 13.0. The zero-order valence-electron chi connectivity index (χ0n) is 11.6. The van der Waals surface area contributed by atoms with E-state index in [1.54, 1.807) is 11.8 Å². The van der Waals surface area contributed by atoms with Crippen LogP contribution in [0.5, 0.6) is 0 Å². The van der Waals surface area contributed by atoms with Crippen molar-refractivity contribution in [3.63, 3.8) is 0 Å². The molecule has 5 heteroatoms. The van der Waals surface area contributed by atoms with Crippen LogP contribution >= 0.6 is 39.3 Å². The lowest BCUT2D eigenvalue weighted by molar-refractivity contribution is 0.607. The largest absolute Gasteiger partial charge is 0.316 e. The molecule has 0 bridgehead atoms. The zero-order chi connectivity index (χ0) is 15.2. The number of hydrogen-bond acceptors (Lipinski definition) is 2. The van der Waals surface area contributed by atoms with Crippen LogP contribution in [-0.4, -0.2) is 18.8 Å². The first-order valence-electron chi connectivity index (χ1n) is 6.58. The lowest BCUT2D eigenvalue weighted by atomic mass is 10.1. The molecule has 1 unspecified atom stereocenters. The molecule has 0 aromatic heterocycles. The van der Waals surface area contributed by atoms with E-state index in [4.69, 9.17) is 11.6 Å². The Hall–Kier alpha value is -0.550. The number of nitrogens with one attached hydrogen (secondary N) is 1. The monoisotopic (exact) mass is 387 g/mol. The zero-order valence-corrected chi connectivity index (χ0v) is 14.7. The highest BCUT2D eigenvalue weighted by atomic mass is 79.9. The first-order valence-corrected chi connectivity index (χ1v) is 8.73. The molecule has 0 radical (unpaired) electrons. The first-order chi connectivity index (χ1) is 10.1. The summed E-state index contributed by atoms with van der Waals surface area (Å²) in [5, 5.41) is 4.06. The molecule has 2 rings (SSSR count). The Morgan fingerprint density at radius 3 is 2.57 bits per heavy atom. The van der Waals surface area contributed by atoms with Gasteiger partial charge in [0.1, 0.15) is 5.82 Å². The van der Waals surface area contributed by atoms with Crippen LogP contribution in [0.25, 0.3) is 0 Å². The molecule has 2 aromatic carbocycles. The molecule has 1 N–H and O–H groups in total. The van der Waals surface area contributed by atoms with Gasteiger partial charge in [0.25, 0.3) is 0 Å². The van der Waals surface area contributed by atoms with Crippen LogP contribution in [0.4, 0.5) is 4.39 Å². The number of hydrogen-bond donors (Lipinski definition) is 1. The smallest absolute Gasteiger partial charge is 0.124 e. The highest BCUT2D eigenvalue weighted by Crippen LogP contribution is 2.24. The van der Waals surface area contributed by atoms with Gasteiger partial charge in [0.15, 0.2) is 0 Å². The summed E-state index contributed by atoms with van der Waals surface area (Å²) in [7, 11) is 1.95. The summed E-state index contributed by atoms with van der Waals surface area (Å²) in [6.07, 6.45) is 0.845. The molecule has 21 heavy (non-hydrogen) atoms. The number of rotatable bonds is 6. The third-order valence-corrected chi connectivity index (χ3v) is 5.32. The van der Waals surface area contributed by atoms with Crippen LogP contribution in [-0.2, 0) is 6.42 Å². The van der Waals surface area contributed by atoms with Crippen LogP contribution in [0.15, 0.2) is 51.8 Å². The molecule has 112 valence electrons. The molecule has 0 amide bonds. The Labute approximate surface area is 142 Å². The van der Waals surface area contributed by atoms with Gasteiger partial charge in [-0.1, -0.05) is 33.6 Å². The average Bonchev–Trinajstić information content (AvgIpc) is 2.47. The van der Waals surface area contributed by atoms with E-state index in [0.717, 1.165) is 27.2 Å². The van der Waals surface area contributed by atoms with Gasteiger partial charge in [-0.25, -0.2) is 4.39 Å². The molecule has 0 spiro atoms. The van der Waals surface area contributed by atoms with E-state index >= 15 is 0 Å². The molecule has 0 heterocycles. The van der Waals surface area contributed by atoms with Crippen LogP contribution in [0, 0.1) is 5.82 Å². The Morgan fingerprint density at radius 1 is 1.24 bits per heavy atom. The van der Waals surface area contributed by atoms with Crippen LogP contribution < -0.4 is 5.32 Å². The molecule has 0 aliphatic carbocycles. The fourth-order valence-corrected chi connectivity index (χ4v) is 3.57. The number of thioether (sulfide) groups is 1. The number of halogens is 3. The molecule has 1 atom stereocenters. The Morgan fingerprint density at radius 2 is 1.95 bits per heavy atom. The molecule has 0 fully saturated rings. The van der Waals surface area contributed by atoms with Crippen molar-refractivity contribution in [1.82, 2.24) is 5.32 Å². The SMILES string of the molecule is CNC(CSc1ccc(Cl)cc1)Cc1ccc(F)cc1Br. The molecule has 0 aliphatic rings. The van der Waals surface area contributed by atoms with Crippen molar-refractivity contribution in [3.8, 4) is 0 Å². The molecule has 1 nitrogen and oxygen atoms in total. The second kappa shape index (κ2) is 8.18. The second-order valence-corrected chi connectivity index (χ2v) is 7.07. The van der Waals surface area contributed by atoms with Crippen LogP contribution in [0.2, 0.25) is 5.02 Å². The summed E-state index contributed by atoms with van der Waals surface area (Å²) in [5.41, 5.74) is 1.10. The minimum absolute atomic E-state index is 0.220. The van der Waals surface area contributed by atoms with Crippen molar-refractivity contribution in [3.05, 3.63) is 63.3 Å². The maximum Gasteiger partial charge on any atom is 0.124 e. The van der Waals surface area contributed by atoms with Crippen molar-refractivity contribution in [2.24, 2.45) is 0 Å². The van der Waals surface area contributed by atoms with E-state index in [1.165, 1.54) is 17.0 Å². The van der Waals surface area contributed by atoms with Gasteiger partial charge in [0, 0.05) is 26.2 Å². The van der Waals surface area contributed by atoms with Crippen molar-refractivity contribution in [2.45, 2.75) is 17.4 Å². The van der Waals surface area contributed by atoms with E-state index in [9.17, 15) is 4.39 Å². The molecular formula is C16H16BrClFNS. The van der Waals surface area contributed by atoms with Crippen LogP contribution in [0.1, 0.15) is 5.56 Å². The van der Waals surface area contributed by atoms with Crippen molar-refractivity contribution >= 4 is 39.3 Å². The van der Waals surface area contributed by atoms with Gasteiger partial charge in [-0.2, -0.15) is 0 Å². The standard InChI is InChI=1S/C16H16BrClFNS/c1-20-14(8-11-2-5-13(19)9-16(11)17)10-21-15-6-3-12(18)4-7-15/h2-7,9,14,20H,8,10H2,1H3. The summed E-state index contributed by atoms with van der Waals surface area (Å²) in [4.78, 5) is 1.19. The fourth-order valence-electron chi connectivity index (χ4n) is 1.92. The van der Waals surface area contributed by atoms with Gasteiger partial charge in [-0.15, -0.1) is 11.8 Å². The Balaban J connectivity index is 1.95. The van der Waals surface area contributed by atoms with Crippen molar-refractivity contribution in [2.75, 3.05) is 12.8 Å². The van der Waals surface area contributed by atoms with E-state index in [2.05, 4.69) is 21.2 Å². The Kier molecular flexibility index (Phi) is 6.55. The normalized spacial score (nSPS) is 12.4. The number of benzene rings is 2. The van der Waals surface area contributed by atoms with Crippen molar-refractivity contribution < 1.29 is 4.39 Å². The molecular weight excluding hydrogens is 373 g/mol. The average molecular weight is 389 g/mol. The lowest BCUT2D eigenvalue weighted by Crippen LogP contribution is -2.30. The van der Waals surface area contributed by atoms with Crippen molar-refractivity contribution in [1.29, 1.82) is 0 Å². The quantitative estimate of drug-likeness (QED) is 0.686. The van der Waals surface area contributed by atoms with Gasteiger partial charge < -0.3 is 5.32 Å². The summed E-state index contributed by atoms with van der Waals surface area (Å²) in [6.45, 7) is 0. The highest BCUT2D eigenvalue weighted by molar-refractivity contribution is 9.10. The third-order valence-electron chi connectivity index (χ3n) is 3.15. The molecule has 0 saturated heterocycles. The molecule has 2 aromatic rings. The van der Waals surface area contributed by atoms with E-state index in [1.807, 2.05) is 37.4 Å². The maximum atomic E-state index is 13.1. The van der Waals surface area contributed by atoms with E-state index in [-0.39, 0.29) is 5.82 Å². The van der Waals surface area contributed by atoms with Gasteiger partial charge in [0.05, 0.1) is 0 Å². The first kappa shape index (κ1) is 16.8. The maximum absolute atomic E-state index is 13.1.